The van der Waals surface area contributed by atoms with E-state index in [0.717, 1.165) is 37.4 Å². The zero-order chi connectivity index (χ0) is 14.4. The van der Waals surface area contributed by atoms with E-state index in [4.69, 9.17) is 19.9 Å². The van der Waals surface area contributed by atoms with Gasteiger partial charge in [0.15, 0.2) is 11.5 Å². The average Bonchev–Trinajstić information content (AvgIpc) is 2.98. The van der Waals surface area contributed by atoms with Gasteiger partial charge in [-0.15, -0.1) is 0 Å². The molecule has 1 saturated heterocycles. The van der Waals surface area contributed by atoms with E-state index in [1.807, 2.05) is 18.2 Å². The van der Waals surface area contributed by atoms with Crippen molar-refractivity contribution in [1.82, 2.24) is 0 Å². The molecule has 1 aromatic rings. The molecule has 0 aliphatic carbocycles. The van der Waals surface area contributed by atoms with Crippen LogP contribution in [0.4, 0.5) is 0 Å². The first-order valence-corrected chi connectivity index (χ1v) is 7.31. The van der Waals surface area contributed by atoms with E-state index in [2.05, 4.69) is 0 Å². The number of ether oxygens (including phenoxy) is 3. The third kappa shape index (κ3) is 4.12. The van der Waals surface area contributed by atoms with Gasteiger partial charge in [-0.3, -0.25) is 0 Å². The molecule has 1 aromatic carbocycles. The highest BCUT2D eigenvalue weighted by Crippen LogP contribution is 2.28. The molecule has 112 valence electrons. The fraction of sp³-hybridized carbons (Fsp3) is 0.625. The second kappa shape index (κ2) is 7.50. The van der Waals surface area contributed by atoms with E-state index in [1.165, 1.54) is 18.4 Å². The first-order chi connectivity index (χ1) is 9.72. The Labute approximate surface area is 121 Å². The largest absolute Gasteiger partial charge is 0.493 e. The quantitative estimate of drug-likeness (QED) is 0.833. The molecule has 0 amide bonds. The Morgan fingerprint density at radius 1 is 1.30 bits per heavy atom. The predicted octanol–water partition coefficient (Wildman–Crippen LogP) is 2.53. The van der Waals surface area contributed by atoms with Gasteiger partial charge in [-0.1, -0.05) is 6.07 Å². The van der Waals surface area contributed by atoms with E-state index in [0.29, 0.717) is 6.10 Å². The maximum absolute atomic E-state index is 6.22. The van der Waals surface area contributed by atoms with E-state index in [-0.39, 0.29) is 6.04 Å². The third-order valence-electron chi connectivity index (χ3n) is 3.83. The van der Waals surface area contributed by atoms with Crippen LogP contribution in [0.5, 0.6) is 11.5 Å². The summed E-state index contributed by atoms with van der Waals surface area (Å²) in [5.74, 6) is 1.51. The molecule has 1 aliphatic heterocycles. The van der Waals surface area contributed by atoms with Gasteiger partial charge in [0.05, 0.1) is 20.3 Å². The summed E-state index contributed by atoms with van der Waals surface area (Å²) < 4.78 is 16.2. The fourth-order valence-corrected chi connectivity index (χ4v) is 2.68. The Morgan fingerprint density at radius 3 is 2.75 bits per heavy atom. The van der Waals surface area contributed by atoms with Crippen LogP contribution in [-0.2, 0) is 11.2 Å². The van der Waals surface area contributed by atoms with Gasteiger partial charge >= 0.3 is 0 Å². The predicted molar refractivity (Wildman–Crippen MR) is 79.4 cm³/mol. The first-order valence-electron chi connectivity index (χ1n) is 7.31. The Hall–Kier alpha value is -1.26. The standard InChI is InChI=1S/C16H25NO3/c1-18-15-8-5-12(11-16(15)19-2)10-13(17)6-7-14-4-3-9-20-14/h5,8,11,13-14H,3-4,6-7,9-10,17H2,1-2H3. The maximum atomic E-state index is 6.22. The Morgan fingerprint density at radius 2 is 2.10 bits per heavy atom. The lowest BCUT2D eigenvalue weighted by molar-refractivity contribution is 0.101. The van der Waals surface area contributed by atoms with Crippen LogP contribution in [0.2, 0.25) is 0 Å². The van der Waals surface area contributed by atoms with E-state index < -0.39 is 0 Å². The average molecular weight is 279 g/mol. The molecule has 1 aliphatic rings. The van der Waals surface area contributed by atoms with Crippen LogP contribution in [0.15, 0.2) is 18.2 Å². The monoisotopic (exact) mass is 279 g/mol. The minimum atomic E-state index is 0.164. The van der Waals surface area contributed by atoms with Crippen molar-refractivity contribution in [2.45, 2.75) is 44.2 Å². The van der Waals surface area contributed by atoms with E-state index in [1.54, 1.807) is 14.2 Å². The zero-order valence-electron chi connectivity index (χ0n) is 12.4. The SMILES string of the molecule is COc1ccc(CC(N)CCC2CCCO2)cc1OC. The molecule has 4 nitrogen and oxygen atoms in total. The summed E-state index contributed by atoms with van der Waals surface area (Å²) in [6, 6.07) is 6.15. The van der Waals surface area contributed by atoms with Gasteiger partial charge in [-0.05, 0) is 49.8 Å². The highest BCUT2D eigenvalue weighted by molar-refractivity contribution is 5.43. The molecule has 20 heavy (non-hydrogen) atoms. The zero-order valence-corrected chi connectivity index (χ0v) is 12.4. The third-order valence-corrected chi connectivity index (χ3v) is 3.83. The molecule has 0 bridgehead atoms. The molecule has 0 saturated carbocycles. The lowest BCUT2D eigenvalue weighted by atomic mass is 10.00. The van der Waals surface area contributed by atoms with E-state index >= 15 is 0 Å². The lowest BCUT2D eigenvalue weighted by Crippen LogP contribution is -2.24. The highest BCUT2D eigenvalue weighted by Gasteiger charge is 2.17. The molecule has 4 heteroatoms. The summed E-state index contributed by atoms with van der Waals surface area (Å²) in [5, 5.41) is 0. The summed E-state index contributed by atoms with van der Waals surface area (Å²) >= 11 is 0. The van der Waals surface area contributed by atoms with Crippen molar-refractivity contribution in [2.75, 3.05) is 20.8 Å². The number of nitrogens with two attached hydrogens (primary N) is 1. The van der Waals surface area contributed by atoms with Gasteiger partial charge in [0, 0.05) is 12.6 Å². The second-order valence-corrected chi connectivity index (χ2v) is 5.37. The smallest absolute Gasteiger partial charge is 0.160 e. The number of methoxy groups -OCH3 is 2. The van der Waals surface area contributed by atoms with Gasteiger partial charge in [0.1, 0.15) is 0 Å². The molecule has 2 unspecified atom stereocenters. The normalized spacial score (nSPS) is 19.9. The molecule has 2 N–H and O–H groups in total. The van der Waals surface area contributed by atoms with Crippen molar-refractivity contribution in [3.8, 4) is 11.5 Å². The van der Waals surface area contributed by atoms with Crippen molar-refractivity contribution in [3.05, 3.63) is 23.8 Å². The molecule has 0 spiro atoms. The van der Waals surface area contributed by atoms with Crippen molar-refractivity contribution in [1.29, 1.82) is 0 Å². The van der Waals surface area contributed by atoms with Crippen LogP contribution < -0.4 is 15.2 Å². The minimum absolute atomic E-state index is 0.164. The Balaban J connectivity index is 1.85. The van der Waals surface area contributed by atoms with Crippen LogP contribution in [0.25, 0.3) is 0 Å². The van der Waals surface area contributed by atoms with Gasteiger partial charge in [-0.25, -0.2) is 0 Å². The summed E-state index contributed by atoms with van der Waals surface area (Å²) in [6.45, 7) is 0.912. The highest BCUT2D eigenvalue weighted by atomic mass is 16.5. The summed E-state index contributed by atoms with van der Waals surface area (Å²) in [7, 11) is 3.30. The van der Waals surface area contributed by atoms with Gasteiger partial charge in [0.25, 0.3) is 0 Å². The number of hydrogen-bond acceptors (Lipinski definition) is 4. The molecule has 2 atom stereocenters. The molecule has 1 fully saturated rings. The molecule has 0 radical (unpaired) electrons. The fourth-order valence-electron chi connectivity index (χ4n) is 2.68. The molecule has 2 rings (SSSR count). The van der Waals surface area contributed by atoms with Gasteiger partial charge < -0.3 is 19.9 Å². The molecular weight excluding hydrogens is 254 g/mol. The van der Waals surface area contributed by atoms with Crippen molar-refractivity contribution in [2.24, 2.45) is 5.73 Å². The summed E-state index contributed by atoms with van der Waals surface area (Å²) in [6.07, 6.45) is 5.71. The topological polar surface area (TPSA) is 53.7 Å². The lowest BCUT2D eigenvalue weighted by Gasteiger charge is -2.16. The van der Waals surface area contributed by atoms with Crippen LogP contribution in [0.1, 0.15) is 31.2 Å². The minimum Gasteiger partial charge on any atom is -0.493 e. The van der Waals surface area contributed by atoms with Crippen molar-refractivity contribution < 1.29 is 14.2 Å². The van der Waals surface area contributed by atoms with Crippen LogP contribution in [0.3, 0.4) is 0 Å². The number of benzene rings is 1. The van der Waals surface area contributed by atoms with Crippen molar-refractivity contribution >= 4 is 0 Å². The first kappa shape index (κ1) is 15.1. The number of rotatable bonds is 7. The second-order valence-electron chi connectivity index (χ2n) is 5.37. The van der Waals surface area contributed by atoms with E-state index in [9.17, 15) is 0 Å². The summed E-state index contributed by atoms with van der Waals surface area (Å²) in [5.41, 5.74) is 7.40. The summed E-state index contributed by atoms with van der Waals surface area (Å²) in [4.78, 5) is 0. The van der Waals surface area contributed by atoms with Gasteiger partial charge in [0.2, 0.25) is 0 Å². The molecular formula is C16H25NO3. The Kier molecular flexibility index (Phi) is 5.68. The van der Waals surface area contributed by atoms with Crippen LogP contribution in [-0.4, -0.2) is 33.0 Å². The maximum Gasteiger partial charge on any atom is 0.160 e. The molecule has 1 heterocycles. The molecule has 0 aromatic heterocycles. The number of hydrogen-bond donors (Lipinski definition) is 1. The van der Waals surface area contributed by atoms with Gasteiger partial charge in [-0.2, -0.15) is 0 Å². The van der Waals surface area contributed by atoms with Crippen molar-refractivity contribution in [3.63, 3.8) is 0 Å². The van der Waals surface area contributed by atoms with Crippen LogP contribution in [0, 0.1) is 0 Å². The Bertz CT molecular complexity index is 416. The van der Waals surface area contributed by atoms with Crippen LogP contribution >= 0.6 is 0 Å².